The average molecular weight is 1590 g/mol. The van der Waals surface area contributed by atoms with Crippen LogP contribution in [0.5, 0.6) is 0 Å². The van der Waals surface area contributed by atoms with Gasteiger partial charge in [0.1, 0.15) is 22.1 Å². The Morgan fingerprint density at radius 1 is 0.212 bits per heavy atom. The van der Waals surface area contributed by atoms with Crippen molar-refractivity contribution in [2.45, 2.75) is 501 Å². The molecule has 7 rings (SSSR count). The third-order valence-corrected chi connectivity index (χ3v) is 27.8. The lowest BCUT2D eigenvalue weighted by molar-refractivity contribution is 0.393. The number of benzene rings is 3. The normalized spacial score (nSPS) is 13.5. The van der Waals surface area contributed by atoms with Crippen LogP contribution in [0.15, 0.2) is 33.2 Å². The summed E-state index contributed by atoms with van der Waals surface area (Å²) in [6, 6.07) is 10.8. The van der Waals surface area contributed by atoms with Gasteiger partial charge in [-0.15, -0.1) is 0 Å². The van der Waals surface area contributed by atoms with Gasteiger partial charge in [0.05, 0.1) is 23.5 Å². The van der Waals surface area contributed by atoms with Crippen LogP contribution in [0.1, 0.15) is 512 Å². The molecule has 4 nitrogen and oxygen atoms in total. The zero-order chi connectivity index (χ0) is 73.1. The first kappa shape index (κ1) is 89.5. The highest BCUT2D eigenvalue weighted by atomic mass is 79.9. The molecule has 8 heteroatoms. The second-order valence-corrected chi connectivity index (χ2v) is 37.0. The first-order chi connectivity index (χ1) is 51.5. The van der Waals surface area contributed by atoms with E-state index < -0.39 is 0 Å². The van der Waals surface area contributed by atoms with Crippen LogP contribution >= 0.6 is 55.3 Å². The number of unbranched alkanes of at least 4 members (excludes halogenated alkanes) is 64. The van der Waals surface area contributed by atoms with E-state index in [2.05, 4.69) is 83.8 Å². The van der Waals surface area contributed by atoms with Crippen molar-refractivity contribution in [1.82, 2.24) is 17.5 Å². The van der Waals surface area contributed by atoms with Crippen molar-refractivity contribution in [2.24, 2.45) is 0 Å². The molecule has 0 saturated heterocycles. The molecule has 0 N–H and O–H groups in total. The van der Waals surface area contributed by atoms with Crippen LogP contribution < -0.4 is 0 Å². The summed E-state index contributed by atoms with van der Waals surface area (Å²) in [4.78, 5) is 0. The van der Waals surface area contributed by atoms with Crippen molar-refractivity contribution in [1.29, 1.82) is 0 Å². The summed E-state index contributed by atoms with van der Waals surface area (Å²) >= 11 is 11.2. The summed E-state index contributed by atoms with van der Waals surface area (Å²) in [7, 11) is 0. The Morgan fingerprint density at radius 2 is 0.375 bits per heavy atom. The van der Waals surface area contributed by atoms with E-state index in [0.29, 0.717) is 0 Å². The lowest BCUT2D eigenvalue weighted by Gasteiger charge is -2.35. The van der Waals surface area contributed by atoms with Crippen LogP contribution in [-0.4, -0.2) is 17.5 Å². The summed E-state index contributed by atoms with van der Waals surface area (Å²) in [6.45, 7) is 9.31. The number of hydrogen-bond acceptors (Lipinski definition) is 6. The summed E-state index contributed by atoms with van der Waals surface area (Å²) in [5.74, 6) is 0. The molecular formula is C96H160Br2N4S2. The Hall–Kier alpha value is -1.74. The Balaban J connectivity index is 1.08. The van der Waals surface area contributed by atoms with Crippen molar-refractivity contribution >= 4 is 77.4 Å². The molecule has 590 valence electrons. The quantitative estimate of drug-likeness (QED) is 0.0364. The Labute approximate surface area is 668 Å². The lowest BCUT2D eigenvalue weighted by atomic mass is 9.68. The van der Waals surface area contributed by atoms with E-state index in [0.717, 1.165) is 31.0 Å². The van der Waals surface area contributed by atoms with E-state index in [-0.39, 0.29) is 10.8 Å². The molecule has 0 bridgehead atoms. The van der Waals surface area contributed by atoms with Gasteiger partial charge in [-0.1, -0.05) is 464 Å². The molecule has 0 atom stereocenters. The van der Waals surface area contributed by atoms with Gasteiger partial charge in [0, 0.05) is 30.9 Å². The lowest BCUT2D eigenvalue weighted by Crippen LogP contribution is -2.27. The Morgan fingerprint density at radius 3 is 0.558 bits per heavy atom. The number of fused-ring (bicyclic) bond motifs is 10. The van der Waals surface area contributed by atoms with Crippen molar-refractivity contribution < 1.29 is 0 Å². The Bertz CT molecular complexity index is 2670. The van der Waals surface area contributed by atoms with Gasteiger partial charge in [-0.05, 0) is 115 Å². The van der Waals surface area contributed by atoms with E-state index in [9.17, 15) is 0 Å². The van der Waals surface area contributed by atoms with Gasteiger partial charge in [0.2, 0.25) is 0 Å². The largest absolute Gasteiger partial charge is 0.172 e. The molecule has 0 radical (unpaired) electrons. The molecule has 0 aliphatic heterocycles. The molecule has 104 heavy (non-hydrogen) atoms. The standard InChI is InChI=1S/C96H160Br2N4S2/c1-5-9-13-17-21-25-29-33-37-41-45-49-53-57-61-65-69-73-95(74-70-66-62-58-54-50-46-42-38-34-30-26-22-18-14-10-6-2)83-77-82-84(78-81(83)89-85(95)79-87(97)91-93(89)101-103-99-91)96(86-80-88(98)92-94(90(82)86)102-104-100-92,75-71-67-63-59-55-51-47-43-39-35-31-27-23-19-15-11-7-3)76-72-68-64-60-56-52-48-44-40-36-32-28-24-20-16-12-8-4/h77-80H,5-76H2,1-4H3. The van der Waals surface area contributed by atoms with Gasteiger partial charge in [-0.25, -0.2) is 0 Å². The summed E-state index contributed by atoms with van der Waals surface area (Å²) in [5, 5.41) is 0. The smallest absolute Gasteiger partial charge is 0.119 e. The second kappa shape index (κ2) is 56.5. The maximum Gasteiger partial charge on any atom is 0.119 e. The third-order valence-electron chi connectivity index (χ3n) is 25.6. The van der Waals surface area contributed by atoms with E-state index in [1.54, 1.807) is 22.3 Å². The number of nitrogens with zero attached hydrogens (tertiary/aromatic N) is 4. The zero-order valence-electron chi connectivity index (χ0n) is 68.6. The second-order valence-electron chi connectivity index (χ2n) is 34.2. The van der Waals surface area contributed by atoms with Crippen LogP contribution in [0.3, 0.4) is 0 Å². The minimum absolute atomic E-state index is 0.0909. The molecule has 0 amide bonds. The molecule has 2 aliphatic carbocycles. The average Bonchev–Trinajstić information content (AvgIpc) is 1.52. The summed E-state index contributed by atoms with van der Waals surface area (Å²) in [6.07, 6.45) is 100. The van der Waals surface area contributed by atoms with Gasteiger partial charge < -0.3 is 0 Å². The predicted octanol–water partition coefficient (Wildman–Crippen LogP) is 35.9. The molecule has 2 aliphatic rings. The number of aromatic nitrogens is 4. The van der Waals surface area contributed by atoms with Gasteiger partial charge >= 0.3 is 0 Å². The number of hydrogen-bond donors (Lipinski definition) is 0. The fourth-order valence-corrected chi connectivity index (χ4v) is 21.5. The monoisotopic (exact) mass is 1590 g/mol. The van der Waals surface area contributed by atoms with Crippen molar-refractivity contribution in [3.8, 4) is 22.3 Å². The minimum atomic E-state index is -0.0909. The van der Waals surface area contributed by atoms with Gasteiger partial charge in [0.15, 0.2) is 0 Å². The highest BCUT2D eigenvalue weighted by molar-refractivity contribution is 9.11. The van der Waals surface area contributed by atoms with Crippen LogP contribution in [0, 0.1) is 0 Å². The maximum absolute atomic E-state index is 5.33. The fraction of sp³-hybridized carbons (Fsp3) is 0.812. The van der Waals surface area contributed by atoms with Crippen LogP contribution in [0.25, 0.3) is 44.3 Å². The summed E-state index contributed by atoms with van der Waals surface area (Å²) < 4.78 is 23.1. The number of rotatable bonds is 72. The maximum atomic E-state index is 5.33. The topological polar surface area (TPSA) is 51.6 Å². The molecule has 0 spiro atoms. The van der Waals surface area contributed by atoms with Crippen molar-refractivity contribution in [2.75, 3.05) is 0 Å². The van der Waals surface area contributed by atoms with E-state index in [1.807, 2.05) is 0 Å². The van der Waals surface area contributed by atoms with Crippen molar-refractivity contribution in [3.05, 3.63) is 55.5 Å². The van der Waals surface area contributed by atoms with Crippen LogP contribution in [-0.2, 0) is 10.8 Å². The predicted molar refractivity (Wildman–Crippen MR) is 471 cm³/mol. The van der Waals surface area contributed by atoms with E-state index in [4.69, 9.17) is 17.5 Å². The van der Waals surface area contributed by atoms with Gasteiger partial charge in [-0.3, -0.25) is 0 Å². The zero-order valence-corrected chi connectivity index (χ0v) is 73.4. The molecule has 5 aromatic rings. The fourth-order valence-electron chi connectivity index (χ4n) is 19.1. The molecule has 0 unspecified atom stereocenters. The highest BCUT2D eigenvalue weighted by Gasteiger charge is 2.50. The molecule has 3 aromatic carbocycles. The molecular weight excluding hydrogens is 1430 g/mol. The van der Waals surface area contributed by atoms with E-state index in [1.165, 1.54) is 508 Å². The molecule has 2 aromatic heterocycles. The van der Waals surface area contributed by atoms with E-state index >= 15 is 0 Å². The Kier molecular flexibility index (Phi) is 48.6. The van der Waals surface area contributed by atoms with Gasteiger partial charge in [-0.2, -0.15) is 17.5 Å². The SMILES string of the molecule is CCCCCCCCCCCCCCCCCCCC1(CCCCCCCCCCCCCCCCCCC)c2cc3c(cc2-c2c1cc(Br)c1nsnc21)C(CCCCCCCCCCCCCCCCCCC)(CCCCCCCCCCCCCCCCCCC)c1cc(Br)c2nsnc2c1-3. The first-order valence-corrected chi connectivity index (χ1v) is 49.6. The summed E-state index contributed by atoms with van der Waals surface area (Å²) in [5.41, 5.74) is 16.2. The number of halogens is 2. The van der Waals surface area contributed by atoms with Gasteiger partial charge in [0.25, 0.3) is 0 Å². The minimum Gasteiger partial charge on any atom is -0.172 e. The highest BCUT2D eigenvalue weighted by Crippen LogP contribution is 2.63. The molecule has 0 fully saturated rings. The molecule has 2 heterocycles. The van der Waals surface area contributed by atoms with Crippen molar-refractivity contribution in [3.63, 3.8) is 0 Å². The third kappa shape index (κ3) is 31.1. The first-order valence-electron chi connectivity index (χ1n) is 46.6. The van der Waals surface area contributed by atoms with Crippen LogP contribution in [0.4, 0.5) is 0 Å². The molecule has 0 saturated carbocycles. The van der Waals surface area contributed by atoms with Crippen LogP contribution in [0.2, 0.25) is 0 Å².